The Morgan fingerprint density at radius 1 is 1.56 bits per heavy atom. The van der Waals surface area contributed by atoms with Crippen molar-refractivity contribution in [2.75, 3.05) is 6.54 Å². The molecule has 5 nitrogen and oxygen atoms in total. The third-order valence-corrected chi connectivity index (χ3v) is 3.24. The SMILES string of the molecule is Cc1cnc(C2(C)CCN2C(=O)OC(C)(C)C)[nH]1. The van der Waals surface area contributed by atoms with E-state index in [0.717, 1.165) is 17.9 Å². The first-order valence-corrected chi connectivity index (χ1v) is 6.25. The number of imidazole rings is 1. The van der Waals surface area contributed by atoms with E-state index in [2.05, 4.69) is 9.97 Å². The van der Waals surface area contributed by atoms with Crippen molar-refractivity contribution >= 4 is 6.09 Å². The van der Waals surface area contributed by atoms with E-state index in [9.17, 15) is 4.79 Å². The molecule has 0 aliphatic carbocycles. The molecule has 1 saturated heterocycles. The van der Waals surface area contributed by atoms with Crippen LogP contribution in [0.25, 0.3) is 0 Å². The number of H-pyrrole nitrogens is 1. The van der Waals surface area contributed by atoms with Crippen molar-refractivity contribution in [1.29, 1.82) is 0 Å². The number of aromatic nitrogens is 2. The van der Waals surface area contributed by atoms with E-state index in [0.29, 0.717) is 6.54 Å². The van der Waals surface area contributed by atoms with Gasteiger partial charge in [0.05, 0.1) is 0 Å². The molecule has 1 unspecified atom stereocenters. The Balaban J connectivity index is 2.14. The molecule has 1 aliphatic rings. The van der Waals surface area contributed by atoms with Crippen LogP contribution in [-0.4, -0.2) is 33.1 Å². The highest BCUT2D eigenvalue weighted by Gasteiger charge is 2.48. The zero-order valence-electron chi connectivity index (χ0n) is 11.7. The number of likely N-dealkylation sites (tertiary alicyclic amines) is 1. The van der Waals surface area contributed by atoms with Crippen LogP contribution in [0.15, 0.2) is 6.20 Å². The molecule has 1 atom stereocenters. The highest BCUT2D eigenvalue weighted by Crippen LogP contribution is 2.39. The number of rotatable bonds is 1. The first-order valence-electron chi connectivity index (χ1n) is 6.25. The lowest BCUT2D eigenvalue weighted by molar-refractivity contribution is -0.0431. The smallest absolute Gasteiger partial charge is 0.411 e. The molecule has 1 N–H and O–H groups in total. The second-order valence-corrected chi connectivity index (χ2v) is 6.07. The van der Waals surface area contributed by atoms with Crippen molar-refractivity contribution in [2.24, 2.45) is 0 Å². The van der Waals surface area contributed by atoms with Gasteiger partial charge >= 0.3 is 6.09 Å². The molecule has 2 rings (SSSR count). The summed E-state index contributed by atoms with van der Waals surface area (Å²) in [6.07, 6.45) is 2.41. The molecule has 0 radical (unpaired) electrons. The van der Waals surface area contributed by atoms with Crippen LogP contribution >= 0.6 is 0 Å². The van der Waals surface area contributed by atoms with Gasteiger partial charge < -0.3 is 9.72 Å². The first kappa shape index (κ1) is 12.9. The molecule has 0 bridgehead atoms. The Kier molecular flexibility index (Phi) is 2.87. The summed E-state index contributed by atoms with van der Waals surface area (Å²) in [5.41, 5.74) is 0.172. The van der Waals surface area contributed by atoms with E-state index < -0.39 is 5.60 Å². The Labute approximate surface area is 108 Å². The molecular weight excluding hydrogens is 230 g/mol. The summed E-state index contributed by atoms with van der Waals surface area (Å²) >= 11 is 0. The van der Waals surface area contributed by atoms with Crippen molar-refractivity contribution in [1.82, 2.24) is 14.9 Å². The average Bonchev–Trinajstić information content (AvgIpc) is 2.59. The number of nitrogens with zero attached hydrogens (tertiary/aromatic N) is 2. The van der Waals surface area contributed by atoms with Gasteiger partial charge in [0.1, 0.15) is 17.0 Å². The summed E-state index contributed by atoms with van der Waals surface area (Å²) in [5.74, 6) is 0.831. The van der Waals surface area contributed by atoms with Gasteiger partial charge in [-0.2, -0.15) is 0 Å². The van der Waals surface area contributed by atoms with E-state index >= 15 is 0 Å². The van der Waals surface area contributed by atoms with Crippen LogP contribution in [-0.2, 0) is 10.3 Å². The molecule has 1 amide bonds. The summed E-state index contributed by atoms with van der Waals surface area (Å²) in [5, 5.41) is 0. The number of aryl methyl sites for hydroxylation is 1. The molecule has 0 saturated carbocycles. The first-order chi connectivity index (χ1) is 8.22. The molecule has 18 heavy (non-hydrogen) atoms. The number of hydrogen-bond acceptors (Lipinski definition) is 3. The summed E-state index contributed by atoms with van der Waals surface area (Å²) in [4.78, 5) is 21.4. The molecule has 1 fully saturated rings. The van der Waals surface area contributed by atoms with Crippen LogP contribution in [0.4, 0.5) is 4.79 Å². The molecule has 1 aromatic heterocycles. The minimum absolute atomic E-state index is 0.273. The van der Waals surface area contributed by atoms with Crippen LogP contribution in [0, 0.1) is 6.92 Å². The largest absolute Gasteiger partial charge is 0.444 e. The van der Waals surface area contributed by atoms with Crippen molar-refractivity contribution < 1.29 is 9.53 Å². The average molecular weight is 251 g/mol. The van der Waals surface area contributed by atoms with Gasteiger partial charge in [-0.3, -0.25) is 4.90 Å². The molecule has 5 heteroatoms. The Morgan fingerprint density at radius 3 is 2.61 bits per heavy atom. The van der Waals surface area contributed by atoms with E-state index in [1.807, 2.05) is 34.6 Å². The monoisotopic (exact) mass is 251 g/mol. The fourth-order valence-electron chi connectivity index (χ4n) is 2.10. The zero-order chi connectivity index (χ0) is 13.6. The molecule has 0 aromatic carbocycles. The van der Waals surface area contributed by atoms with Crippen LogP contribution in [0.3, 0.4) is 0 Å². The van der Waals surface area contributed by atoms with E-state index in [1.54, 1.807) is 11.1 Å². The quantitative estimate of drug-likeness (QED) is 0.834. The minimum Gasteiger partial charge on any atom is -0.444 e. The summed E-state index contributed by atoms with van der Waals surface area (Å²) in [6.45, 7) is 10.3. The van der Waals surface area contributed by atoms with Crippen LogP contribution in [0.1, 0.15) is 45.6 Å². The molecule has 1 aliphatic heterocycles. The minimum atomic E-state index is -0.466. The fourth-order valence-corrected chi connectivity index (χ4v) is 2.10. The predicted octanol–water partition coefficient (Wildman–Crippen LogP) is 2.57. The Morgan fingerprint density at radius 2 is 2.22 bits per heavy atom. The Hall–Kier alpha value is -1.52. The summed E-state index contributed by atoms with van der Waals surface area (Å²) in [7, 11) is 0. The topological polar surface area (TPSA) is 58.2 Å². The van der Waals surface area contributed by atoms with Gasteiger partial charge in [-0.1, -0.05) is 0 Å². The second kappa shape index (κ2) is 4.00. The normalized spacial score (nSPS) is 23.7. The van der Waals surface area contributed by atoms with Crippen LogP contribution in [0.2, 0.25) is 0 Å². The number of amides is 1. The lowest BCUT2D eigenvalue weighted by Gasteiger charge is -2.48. The van der Waals surface area contributed by atoms with Crippen molar-refractivity contribution in [2.45, 2.75) is 52.2 Å². The van der Waals surface area contributed by atoms with E-state index in [4.69, 9.17) is 4.74 Å². The van der Waals surface area contributed by atoms with Gasteiger partial charge in [0, 0.05) is 18.4 Å². The van der Waals surface area contributed by atoms with Crippen molar-refractivity contribution in [3.63, 3.8) is 0 Å². The molecule has 100 valence electrons. The third-order valence-electron chi connectivity index (χ3n) is 3.24. The number of aromatic amines is 1. The lowest BCUT2D eigenvalue weighted by Crippen LogP contribution is -2.59. The maximum Gasteiger partial charge on any atom is 0.411 e. The highest BCUT2D eigenvalue weighted by molar-refractivity contribution is 5.70. The fraction of sp³-hybridized carbons (Fsp3) is 0.692. The van der Waals surface area contributed by atoms with E-state index in [-0.39, 0.29) is 11.6 Å². The van der Waals surface area contributed by atoms with Gasteiger partial charge in [-0.05, 0) is 41.0 Å². The Bertz CT molecular complexity index is 461. The van der Waals surface area contributed by atoms with Crippen LogP contribution in [0.5, 0.6) is 0 Å². The number of nitrogens with one attached hydrogen (secondary N) is 1. The zero-order valence-corrected chi connectivity index (χ0v) is 11.7. The number of carbonyl (C=O) groups excluding carboxylic acids is 1. The van der Waals surface area contributed by atoms with Gasteiger partial charge in [0.25, 0.3) is 0 Å². The molecular formula is C13H21N3O2. The van der Waals surface area contributed by atoms with Crippen molar-refractivity contribution in [3.8, 4) is 0 Å². The number of hydrogen-bond donors (Lipinski definition) is 1. The van der Waals surface area contributed by atoms with Gasteiger partial charge in [-0.15, -0.1) is 0 Å². The molecule has 1 aromatic rings. The predicted molar refractivity (Wildman–Crippen MR) is 68.2 cm³/mol. The van der Waals surface area contributed by atoms with Crippen LogP contribution < -0.4 is 0 Å². The lowest BCUT2D eigenvalue weighted by atomic mass is 9.86. The maximum absolute atomic E-state index is 12.1. The highest BCUT2D eigenvalue weighted by atomic mass is 16.6. The van der Waals surface area contributed by atoms with Crippen molar-refractivity contribution in [3.05, 3.63) is 17.7 Å². The van der Waals surface area contributed by atoms with E-state index in [1.165, 1.54) is 0 Å². The van der Waals surface area contributed by atoms with Gasteiger partial charge in [0.15, 0.2) is 0 Å². The number of carbonyl (C=O) groups is 1. The standard InChI is InChI=1S/C13H21N3O2/c1-9-8-14-10(15-9)13(5)6-7-16(13)11(17)18-12(2,3)4/h8H,6-7H2,1-5H3,(H,14,15). The molecule has 2 heterocycles. The second-order valence-electron chi connectivity index (χ2n) is 6.07. The summed E-state index contributed by atoms with van der Waals surface area (Å²) < 4.78 is 5.41. The van der Waals surface area contributed by atoms with Gasteiger partial charge in [0.2, 0.25) is 0 Å². The van der Waals surface area contributed by atoms with Gasteiger partial charge in [-0.25, -0.2) is 9.78 Å². The third kappa shape index (κ3) is 2.21. The summed E-state index contributed by atoms with van der Waals surface area (Å²) in [6, 6.07) is 0. The molecule has 0 spiro atoms. The number of ether oxygens (including phenoxy) is 1. The maximum atomic E-state index is 12.1.